The summed E-state index contributed by atoms with van der Waals surface area (Å²) < 4.78 is 2.96. The van der Waals surface area contributed by atoms with Crippen molar-refractivity contribution in [1.29, 1.82) is 0 Å². The van der Waals surface area contributed by atoms with Gasteiger partial charge >= 0.3 is 0 Å². The summed E-state index contributed by atoms with van der Waals surface area (Å²) in [4.78, 5) is 17.6. The van der Waals surface area contributed by atoms with Crippen molar-refractivity contribution in [3.63, 3.8) is 0 Å². The maximum Gasteiger partial charge on any atom is 0.263 e. The fourth-order valence-corrected chi connectivity index (χ4v) is 5.36. The molecule has 2 aromatic heterocycles. The number of nitrogens with one attached hydrogen (secondary N) is 1. The second-order valence-corrected chi connectivity index (χ2v) is 8.26. The first-order valence-corrected chi connectivity index (χ1v) is 9.88. The van der Waals surface area contributed by atoms with E-state index in [4.69, 9.17) is 34.8 Å². The normalized spacial score (nSPS) is 13.9. The molecule has 0 radical (unpaired) electrons. The molecule has 1 aliphatic heterocycles. The van der Waals surface area contributed by atoms with E-state index in [1.807, 2.05) is 6.20 Å². The summed E-state index contributed by atoms with van der Waals surface area (Å²) in [7, 11) is 0. The van der Waals surface area contributed by atoms with Crippen LogP contribution < -0.4 is 5.32 Å². The molecule has 0 bridgehead atoms. The third kappa shape index (κ3) is 3.26. The molecule has 4 nitrogen and oxygen atoms in total. The number of amides is 1. The molecule has 25 heavy (non-hydrogen) atoms. The molecule has 0 atom stereocenters. The Morgan fingerprint density at radius 2 is 2.12 bits per heavy atom. The van der Waals surface area contributed by atoms with Gasteiger partial charge in [-0.25, -0.2) is 4.98 Å². The average molecular weight is 415 g/mol. The molecule has 0 unspecified atom stereocenters. The number of aryl methyl sites for hydroxylation is 2. The van der Waals surface area contributed by atoms with E-state index in [1.165, 1.54) is 24.2 Å². The monoisotopic (exact) mass is 413 g/mol. The molecule has 130 valence electrons. The molecule has 4 rings (SSSR count). The van der Waals surface area contributed by atoms with Gasteiger partial charge < -0.3 is 9.88 Å². The number of rotatable bonds is 3. The number of hydrogen-bond acceptors (Lipinski definition) is 3. The second kappa shape index (κ2) is 6.80. The summed E-state index contributed by atoms with van der Waals surface area (Å²) in [5.41, 5.74) is 0.864. The van der Waals surface area contributed by atoms with Crippen molar-refractivity contribution in [2.24, 2.45) is 0 Å². The Morgan fingerprint density at radius 3 is 2.92 bits per heavy atom. The van der Waals surface area contributed by atoms with Gasteiger partial charge in [0, 0.05) is 34.3 Å². The van der Waals surface area contributed by atoms with Gasteiger partial charge in [-0.05, 0) is 25.0 Å². The Hall–Kier alpha value is -1.27. The second-order valence-electron chi connectivity index (χ2n) is 5.99. The molecule has 0 saturated heterocycles. The maximum atomic E-state index is 12.6. The predicted octanol–water partition coefficient (Wildman–Crippen LogP) is 5.32. The molecule has 0 spiro atoms. The molecule has 1 aliphatic rings. The van der Waals surface area contributed by atoms with Gasteiger partial charge in [-0.15, -0.1) is 11.3 Å². The summed E-state index contributed by atoms with van der Waals surface area (Å²) in [6, 6.07) is 3.39. The van der Waals surface area contributed by atoms with Crippen LogP contribution in [0.2, 0.25) is 15.1 Å². The number of imidazole rings is 1. The quantitative estimate of drug-likeness (QED) is 0.630. The molecule has 0 fully saturated rings. The van der Waals surface area contributed by atoms with Crippen LogP contribution >= 0.6 is 46.1 Å². The lowest BCUT2D eigenvalue weighted by atomic mass is 10.2. The van der Waals surface area contributed by atoms with Crippen LogP contribution in [0, 0.1) is 0 Å². The minimum Gasteiger partial charge on any atom is -0.346 e. The largest absolute Gasteiger partial charge is 0.346 e. The van der Waals surface area contributed by atoms with Crippen molar-refractivity contribution in [1.82, 2.24) is 14.9 Å². The van der Waals surface area contributed by atoms with Crippen LogP contribution in [-0.2, 0) is 19.5 Å². The first kappa shape index (κ1) is 17.2. The number of hydrogen-bond donors (Lipinski definition) is 1. The zero-order valence-corrected chi connectivity index (χ0v) is 16.2. The standard InChI is InChI=1S/C17H14Cl3N3OS/c18-9-5-11(19)14-12(6-9)25-16(15(14)20)17(24)21-7-10-8-23-4-2-1-3-13(23)22-10/h5-6,8H,1-4,7H2,(H,21,24). The summed E-state index contributed by atoms with van der Waals surface area (Å²) in [6.07, 6.45) is 5.35. The Labute approximate surface area is 163 Å². The van der Waals surface area contributed by atoms with E-state index in [1.54, 1.807) is 12.1 Å². The van der Waals surface area contributed by atoms with Gasteiger partial charge in [0.05, 0.1) is 22.3 Å². The fourth-order valence-electron chi connectivity index (χ4n) is 3.07. The minimum absolute atomic E-state index is 0.232. The molecule has 8 heteroatoms. The number of halogens is 3. The number of fused-ring (bicyclic) bond motifs is 2. The molecule has 1 amide bonds. The molecular weight excluding hydrogens is 401 g/mol. The molecule has 3 heterocycles. The van der Waals surface area contributed by atoms with Gasteiger partial charge in [0.2, 0.25) is 0 Å². The highest BCUT2D eigenvalue weighted by Gasteiger charge is 2.20. The molecule has 1 N–H and O–H groups in total. The van der Waals surface area contributed by atoms with Crippen LogP contribution in [0.3, 0.4) is 0 Å². The Kier molecular flexibility index (Phi) is 4.67. The van der Waals surface area contributed by atoms with Gasteiger partial charge in [0.15, 0.2) is 0 Å². The predicted molar refractivity (Wildman–Crippen MR) is 103 cm³/mol. The van der Waals surface area contributed by atoms with Crippen LogP contribution in [0.25, 0.3) is 10.1 Å². The molecule has 0 aliphatic carbocycles. The van der Waals surface area contributed by atoms with E-state index in [0.717, 1.165) is 29.2 Å². The highest BCUT2D eigenvalue weighted by molar-refractivity contribution is 7.21. The Morgan fingerprint density at radius 1 is 1.28 bits per heavy atom. The van der Waals surface area contributed by atoms with E-state index in [-0.39, 0.29) is 5.91 Å². The number of carbonyl (C=O) groups is 1. The average Bonchev–Trinajstić information content (AvgIpc) is 3.13. The highest BCUT2D eigenvalue weighted by Crippen LogP contribution is 2.41. The SMILES string of the molecule is O=C(NCc1cn2c(n1)CCCC2)c1sc2cc(Cl)cc(Cl)c2c1Cl. The fraction of sp³-hybridized carbons (Fsp3) is 0.294. The van der Waals surface area contributed by atoms with Crippen LogP contribution in [0.1, 0.15) is 34.0 Å². The number of benzene rings is 1. The van der Waals surface area contributed by atoms with Crippen molar-refractivity contribution in [2.75, 3.05) is 0 Å². The van der Waals surface area contributed by atoms with Crippen molar-refractivity contribution < 1.29 is 4.79 Å². The lowest BCUT2D eigenvalue weighted by Gasteiger charge is -2.11. The van der Waals surface area contributed by atoms with E-state index in [9.17, 15) is 4.79 Å². The van der Waals surface area contributed by atoms with Crippen molar-refractivity contribution in [3.8, 4) is 0 Å². The van der Waals surface area contributed by atoms with Gasteiger partial charge in [-0.3, -0.25) is 4.79 Å². The number of carbonyl (C=O) groups excluding carboxylic acids is 1. The van der Waals surface area contributed by atoms with Gasteiger partial charge in [0.1, 0.15) is 10.7 Å². The smallest absolute Gasteiger partial charge is 0.263 e. The Balaban J connectivity index is 1.55. The van der Waals surface area contributed by atoms with Gasteiger partial charge in [-0.1, -0.05) is 34.8 Å². The summed E-state index contributed by atoms with van der Waals surface area (Å²) in [5, 5.41) is 4.89. The van der Waals surface area contributed by atoms with Crippen LogP contribution in [0.5, 0.6) is 0 Å². The lowest BCUT2D eigenvalue weighted by Crippen LogP contribution is -2.22. The van der Waals surface area contributed by atoms with Crippen molar-refractivity contribution in [2.45, 2.75) is 32.4 Å². The summed E-state index contributed by atoms with van der Waals surface area (Å²) in [5.74, 6) is 0.862. The van der Waals surface area contributed by atoms with Gasteiger partial charge in [-0.2, -0.15) is 0 Å². The number of thiophene rings is 1. The Bertz CT molecular complexity index is 956. The van der Waals surface area contributed by atoms with Crippen molar-refractivity contribution >= 4 is 62.1 Å². The number of aromatic nitrogens is 2. The zero-order chi connectivity index (χ0) is 17.6. The molecular formula is C17H14Cl3N3OS. The van der Waals surface area contributed by atoms with Crippen molar-refractivity contribution in [3.05, 3.63) is 49.8 Å². The minimum atomic E-state index is -0.232. The van der Waals surface area contributed by atoms with E-state index < -0.39 is 0 Å². The number of nitrogens with zero attached hydrogens (tertiary/aromatic N) is 2. The van der Waals surface area contributed by atoms with Crippen LogP contribution in [0.4, 0.5) is 0 Å². The molecule has 1 aromatic carbocycles. The lowest BCUT2D eigenvalue weighted by molar-refractivity contribution is 0.0954. The first-order valence-electron chi connectivity index (χ1n) is 7.93. The molecule has 0 saturated carbocycles. The maximum absolute atomic E-state index is 12.6. The van der Waals surface area contributed by atoms with E-state index >= 15 is 0 Å². The van der Waals surface area contributed by atoms with Gasteiger partial charge in [0.25, 0.3) is 5.91 Å². The first-order chi connectivity index (χ1) is 12.0. The topological polar surface area (TPSA) is 46.9 Å². The summed E-state index contributed by atoms with van der Waals surface area (Å²) in [6.45, 7) is 1.37. The van der Waals surface area contributed by atoms with Crippen LogP contribution in [0.15, 0.2) is 18.3 Å². The van der Waals surface area contributed by atoms with Crippen LogP contribution in [-0.4, -0.2) is 15.5 Å². The van der Waals surface area contributed by atoms with E-state index in [2.05, 4.69) is 14.9 Å². The summed E-state index contributed by atoms with van der Waals surface area (Å²) >= 11 is 19.9. The van der Waals surface area contributed by atoms with E-state index in [0.29, 0.717) is 31.9 Å². The highest BCUT2D eigenvalue weighted by atomic mass is 35.5. The third-order valence-electron chi connectivity index (χ3n) is 4.24. The molecule has 3 aromatic rings. The third-order valence-corrected chi connectivity index (χ3v) is 6.39. The zero-order valence-electron chi connectivity index (χ0n) is 13.1.